The number of hydrogen-bond acceptors (Lipinski definition) is 4. The molecule has 0 amide bonds. The molecule has 0 saturated heterocycles. The summed E-state index contributed by atoms with van der Waals surface area (Å²) < 4.78 is 32.0. The average molecular weight is 294 g/mol. The zero-order valence-corrected chi connectivity index (χ0v) is 12.6. The van der Waals surface area contributed by atoms with Crippen LogP contribution in [0.25, 0.3) is 0 Å². The maximum absolute atomic E-state index is 12.2. The van der Waals surface area contributed by atoms with Gasteiger partial charge in [0.05, 0.1) is 10.6 Å². The Morgan fingerprint density at radius 2 is 1.85 bits per heavy atom. The molecule has 108 valence electrons. The van der Waals surface area contributed by atoms with Gasteiger partial charge < -0.3 is 4.52 Å². The lowest BCUT2D eigenvalue weighted by Gasteiger charge is -2.07. The van der Waals surface area contributed by atoms with Crippen molar-refractivity contribution in [3.05, 3.63) is 46.8 Å². The second-order valence-electron chi connectivity index (χ2n) is 4.62. The number of rotatable bonds is 5. The summed E-state index contributed by atoms with van der Waals surface area (Å²) in [5, 5.41) is 3.80. The van der Waals surface area contributed by atoms with Gasteiger partial charge in [-0.1, -0.05) is 24.2 Å². The van der Waals surface area contributed by atoms with E-state index in [1.807, 2.05) is 19.1 Å². The molecule has 1 aromatic heterocycles. The summed E-state index contributed by atoms with van der Waals surface area (Å²) in [6.45, 7) is 5.76. The zero-order chi connectivity index (χ0) is 14.8. The average Bonchev–Trinajstić information content (AvgIpc) is 2.76. The summed E-state index contributed by atoms with van der Waals surface area (Å²) in [7, 11) is -3.51. The van der Waals surface area contributed by atoms with Gasteiger partial charge in [0.15, 0.2) is 0 Å². The van der Waals surface area contributed by atoms with Gasteiger partial charge in [-0.25, -0.2) is 13.1 Å². The first kappa shape index (κ1) is 14.7. The van der Waals surface area contributed by atoms with Gasteiger partial charge in [0, 0.05) is 12.1 Å². The van der Waals surface area contributed by atoms with Crippen molar-refractivity contribution < 1.29 is 12.9 Å². The molecule has 2 aromatic rings. The predicted octanol–water partition coefficient (Wildman–Crippen LogP) is 2.33. The van der Waals surface area contributed by atoms with E-state index in [9.17, 15) is 8.42 Å². The topological polar surface area (TPSA) is 72.2 Å². The molecule has 0 aliphatic rings. The van der Waals surface area contributed by atoms with Crippen LogP contribution in [0.2, 0.25) is 0 Å². The Morgan fingerprint density at radius 3 is 2.35 bits per heavy atom. The fraction of sp³-hybridized carbons (Fsp3) is 0.357. The predicted molar refractivity (Wildman–Crippen MR) is 75.8 cm³/mol. The highest BCUT2D eigenvalue weighted by molar-refractivity contribution is 7.89. The van der Waals surface area contributed by atoms with E-state index in [1.165, 1.54) is 0 Å². The minimum atomic E-state index is -3.51. The molecular formula is C14H18N2O3S. The minimum absolute atomic E-state index is 0.180. The molecule has 0 saturated carbocycles. The Balaban J connectivity index is 2.15. The van der Waals surface area contributed by atoms with Crippen LogP contribution < -0.4 is 4.72 Å². The molecule has 0 spiro atoms. The Hall–Kier alpha value is -1.66. The molecule has 0 bridgehead atoms. The first-order valence-electron chi connectivity index (χ1n) is 6.44. The van der Waals surface area contributed by atoms with Crippen molar-refractivity contribution in [3.8, 4) is 0 Å². The maximum Gasteiger partial charge on any atom is 0.240 e. The van der Waals surface area contributed by atoms with Gasteiger partial charge >= 0.3 is 0 Å². The molecule has 0 aliphatic carbocycles. The van der Waals surface area contributed by atoms with Crippen LogP contribution in [0.15, 0.2) is 33.7 Å². The quantitative estimate of drug-likeness (QED) is 0.918. The van der Waals surface area contributed by atoms with Crippen molar-refractivity contribution in [2.75, 3.05) is 0 Å². The molecule has 0 aliphatic heterocycles. The van der Waals surface area contributed by atoms with Crippen LogP contribution in [-0.4, -0.2) is 13.6 Å². The molecule has 20 heavy (non-hydrogen) atoms. The van der Waals surface area contributed by atoms with Crippen LogP contribution in [0.4, 0.5) is 0 Å². The second kappa shape index (κ2) is 5.76. The van der Waals surface area contributed by atoms with Gasteiger partial charge in [0.25, 0.3) is 0 Å². The number of benzene rings is 1. The van der Waals surface area contributed by atoms with Crippen LogP contribution in [0.1, 0.15) is 29.5 Å². The highest BCUT2D eigenvalue weighted by Crippen LogP contribution is 2.15. The van der Waals surface area contributed by atoms with Crippen LogP contribution in [0.5, 0.6) is 0 Å². The fourth-order valence-electron chi connectivity index (χ4n) is 1.91. The Kier molecular flexibility index (Phi) is 4.25. The standard InChI is InChI=1S/C14H18N2O3S/c1-4-12-5-7-13(8-6-12)20(17,18)15-9-14-10(2)16-19-11(14)3/h5-8,15H,4,9H2,1-3H3. The molecule has 6 heteroatoms. The number of hydrogen-bond donors (Lipinski definition) is 1. The van der Waals surface area contributed by atoms with E-state index in [0.29, 0.717) is 11.5 Å². The molecule has 0 fully saturated rings. The molecule has 2 rings (SSSR count). The van der Waals surface area contributed by atoms with E-state index >= 15 is 0 Å². The van der Waals surface area contributed by atoms with E-state index in [0.717, 1.165) is 17.5 Å². The smallest absolute Gasteiger partial charge is 0.240 e. The summed E-state index contributed by atoms with van der Waals surface area (Å²) in [6, 6.07) is 6.89. The normalized spacial score (nSPS) is 11.8. The largest absolute Gasteiger partial charge is 0.361 e. The third-order valence-corrected chi connectivity index (χ3v) is 4.68. The molecule has 0 radical (unpaired) electrons. The highest BCUT2D eigenvalue weighted by atomic mass is 32.2. The van der Waals surface area contributed by atoms with Crippen molar-refractivity contribution in [2.24, 2.45) is 0 Å². The van der Waals surface area contributed by atoms with Crippen molar-refractivity contribution in [3.63, 3.8) is 0 Å². The molecule has 0 atom stereocenters. The van der Waals surface area contributed by atoms with Gasteiger partial charge in [-0.2, -0.15) is 0 Å². The third kappa shape index (κ3) is 3.08. The zero-order valence-electron chi connectivity index (χ0n) is 11.8. The number of sulfonamides is 1. The van der Waals surface area contributed by atoms with Crippen LogP contribution in [0, 0.1) is 13.8 Å². The van der Waals surface area contributed by atoms with E-state index in [4.69, 9.17) is 4.52 Å². The first-order chi connectivity index (χ1) is 9.44. The molecule has 1 heterocycles. The first-order valence-corrected chi connectivity index (χ1v) is 7.92. The number of aryl methyl sites for hydroxylation is 3. The van der Waals surface area contributed by atoms with E-state index in [1.54, 1.807) is 26.0 Å². The maximum atomic E-state index is 12.2. The Labute approximate surface area is 119 Å². The molecular weight excluding hydrogens is 276 g/mol. The third-order valence-electron chi connectivity index (χ3n) is 3.26. The summed E-state index contributed by atoms with van der Waals surface area (Å²) >= 11 is 0. The summed E-state index contributed by atoms with van der Waals surface area (Å²) in [5.41, 5.74) is 2.58. The lowest BCUT2D eigenvalue weighted by Crippen LogP contribution is -2.23. The highest BCUT2D eigenvalue weighted by Gasteiger charge is 2.16. The molecule has 1 aromatic carbocycles. The second-order valence-corrected chi connectivity index (χ2v) is 6.39. The van der Waals surface area contributed by atoms with E-state index in [-0.39, 0.29) is 11.4 Å². The number of nitrogens with one attached hydrogen (secondary N) is 1. The van der Waals surface area contributed by atoms with Crippen molar-refractivity contribution >= 4 is 10.0 Å². The van der Waals surface area contributed by atoms with Gasteiger partial charge in [-0.3, -0.25) is 0 Å². The lowest BCUT2D eigenvalue weighted by molar-refractivity contribution is 0.392. The SMILES string of the molecule is CCc1ccc(S(=O)(=O)NCc2c(C)noc2C)cc1. The number of nitrogens with zero attached hydrogens (tertiary/aromatic N) is 1. The summed E-state index contributed by atoms with van der Waals surface area (Å²) in [6.07, 6.45) is 0.882. The van der Waals surface area contributed by atoms with Crippen molar-refractivity contribution in [1.29, 1.82) is 0 Å². The van der Waals surface area contributed by atoms with E-state index in [2.05, 4.69) is 9.88 Å². The van der Waals surface area contributed by atoms with Gasteiger partial charge in [0.2, 0.25) is 10.0 Å². The van der Waals surface area contributed by atoms with Crippen molar-refractivity contribution in [1.82, 2.24) is 9.88 Å². The van der Waals surface area contributed by atoms with Crippen LogP contribution in [0.3, 0.4) is 0 Å². The summed E-state index contributed by atoms with van der Waals surface area (Å²) in [4.78, 5) is 0.265. The van der Waals surface area contributed by atoms with Crippen molar-refractivity contribution in [2.45, 2.75) is 38.6 Å². The van der Waals surface area contributed by atoms with Crippen LogP contribution >= 0.6 is 0 Å². The Bertz CT molecular complexity index is 668. The number of aromatic nitrogens is 1. The van der Waals surface area contributed by atoms with Gasteiger partial charge in [-0.15, -0.1) is 0 Å². The molecule has 1 N–H and O–H groups in total. The molecule has 5 nitrogen and oxygen atoms in total. The fourth-order valence-corrected chi connectivity index (χ4v) is 2.90. The van der Waals surface area contributed by atoms with Crippen LogP contribution in [-0.2, 0) is 23.0 Å². The van der Waals surface area contributed by atoms with Gasteiger partial charge in [0.1, 0.15) is 5.76 Å². The molecule has 0 unspecified atom stereocenters. The van der Waals surface area contributed by atoms with E-state index < -0.39 is 10.0 Å². The lowest BCUT2D eigenvalue weighted by atomic mass is 10.2. The van der Waals surface area contributed by atoms with Gasteiger partial charge in [-0.05, 0) is 38.0 Å². The summed E-state index contributed by atoms with van der Waals surface area (Å²) in [5.74, 6) is 0.631. The monoisotopic (exact) mass is 294 g/mol. The Morgan fingerprint density at radius 1 is 1.20 bits per heavy atom. The minimum Gasteiger partial charge on any atom is -0.361 e.